The van der Waals surface area contributed by atoms with E-state index in [0.29, 0.717) is 12.0 Å². The normalized spacial score (nSPS) is 21.6. The molecule has 1 heterocycles. The van der Waals surface area contributed by atoms with Crippen LogP contribution in [0.2, 0.25) is 0 Å². The molecule has 0 spiro atoms. The monoisotopic (exact) mass is 251 g/mol. The van der Waals surface area contributed by atoms with Gasteiger partial charge in [0.2, 0.25) is 0 Å². The third-order valence-corrected chi connectivity index (χ3v) is 3.61. The van der Waals surface area contributed by atoms with Crippen molar-refractivity contribution >= 4 is 19.7 Å². The van der Waals surface area contributed by atoms with Gasteiger partial charge in [-0.15, -0.1) is 0 Å². The highest BCUT2D eigenvalue weighted by molar-refractivity contribution is 8.16. The Morgan fingerprint density at radius 3 is 2.27 bits per heavy atom. The maximum absolute atomic E-state index is 10.7. The maximum atomic E-state index is 10.7. The molecule has 1 fully saturated rings. The third kappa shape index (κ3) is 5.00. The highest BCUT2D eigenvalue weighted by Gasteiger charge is 2.19. The molecule has 0 amide bonds. The van der Waals surface area contributed by atoms with E-state index < -0.39 is 9.05 Å². The Morgan fingerprint density at radius 1 is 1.33 bits per heavy atom. The number of allylic oxidation sites excluding steroid dienone is 1. The van der Waals surface area contributed by atoms with Crippen molar-refractivity contribution in [2.75, 3.05) is 13.1 Å². The number of halogens is 1. The summed E-state index contributed by atoms with van der Waals surface area (Å²) in [6.45, 7) is 6.43. The average Bonchev–Trinajstić information content (AvgIpc) is 2.14. The molecule has 0 unspecified atom stereocenters. The molecule has 1 saturated heterocycles. The zero-order valence-corrected chi connectivity index (χ0v) is 10.8. The zero-order chi connectivity index (χ0) is 11.5. The topological polar surface area (TPSA) is 37.4 Å². The van der Waals surface area contributed by atoms with Gasteiger partial charge in [0.05, 0.1) is 0 Å². The summed E-state index contributed by atoms with van der Waals surface area (Å²) in [5, 5.41) is 1.12. The number of nitrogens with zero attached hydrogens (tertiary/aromatic N) is 1. The minimum atomic E-state index is -3.48. The molecule has 1 rings (SSSR count). The molecule has 0 N–H and O–H groups in total. The maximum Gasteiger partial charge on any atom is 0.254 e. The molecule has 0 aliphatic carbocycles. The summed E-state index contributed by atoms with van der Waals surface area (Å²) in [5.41, 5.74) is 0. The molecule has 15 heavy (non-hydrogen) atoms. The van der Waals surface area contributed by atoms with Crippen LogP contribution in [0.25, 0.3) is 0 Å². The molecular weight excluding hydrogens is 234 g/mol. The van der Waals surface area contributed by atoms with Gasteiger partial charge in [-0.2, -0.15) is 0 Å². The van der Waals surface area contributed by atoms with Crippen LogP contribution in [0.3, 0.4) is 0 Å². The van der Waals surface area contributed by atoms with E-state index in [0.717, 1.165) is 31.3 Å². The fourth-order valence-corrected chi connectivity index (χ4v) is 2.42. The first-order valence-corrected chi connectivity index (χ1v) is 7.62. The lowest BCUT2D eigenvalue weighted by atomic mass is 9.96. The average molecular weight is 252 g/mol. The van der Waals surface area contributed by atoms with E-state index >= 15 is 0 Å². The minimum Gasteiger partial charge on any atom is -0.301 e. The van der Waals surface area contributed by atoms with Crippen LogP contribution in [-0.4, -0.2) is 32.4 Å². The minimum absolute atomic E-state index is 0.355. The van der Waals surface area contributed by atoms with Crippen molar-refractivity contribution in [2.45, 2.75) is 32.7 Å². The molecule has 1 aliphatic heterocycles. The Balaban J connectivity index is 2.42. The van der Waals surface area contributed by atoms with Gasteiger partial charge < -0.3 is 4.90 Å². The summed E-state index contributed by atoms with van der Waals surface area (Å²) < 4.78 is 21.4. The largest absolute Gasteiger partial charge is 0.301 e. The van der Waals surface area contributed by atoms with Crippen LogP contribution >= 0.6 is 10.7 Å². The first-order chi connectivity index (χ1) is 6.88. The van der Waals surface area contributed by atoms with Gasteiger partial charge in [0.25, 0.3) is 9.05 Å². The lowest BCUT2D eigenvalue weighted by Gasteiger charge is -2.33. The van der Waals surface area contributed by atoms with Crippen molar-refractivity contribution in [1.29, 1.82) is 0 Å². The molecule has 0 saturated carbocycles. The molecule has 88 valence electrons. The Morgan fingerprint density at radius 2 is 1.87 bits per heavy atom. The van der Waals surface area contributed by atoms with Gasteiger partial charge in [-0.1, -0.05) is 6.08 Å². The highest BCUT2D eigenvalue weighted by atomic mass is 35.7. The van der Waals surface area contributed by atoms with E-state index in [1.54, 1.807) is 6.08 Å². The van der Waals surface area contributed by atoms with E-state index in [1.807, 2.05) is 0 Å². The molecule has 0 aromatic carbocycles. The molecule has 3 nitrogen and oxygen atoms in total. The lowest BCUT2D eigenvalue weighted by molar-refractivity contribution is 0.164. The summed E-state index contributed by atoms with van der Waals surface area (Å²) in [5.74, 6) is 0.355. The second-order valence-electron chi connectivity index (χ2n) is 4.27. The number of hydrogen-bond acceptors (Lipinski definition) is 3. The van der Waals surface area contributed by atoms with Crippen LogP contribution in [0.4, 0.5) is 0 Å². The number of hydrogen-bond donors (Lipinski definition) is 0. The van der Waals surface area contributed by atoms with Crippen LogP contribution in [0, 0.1) is 5.92 Å². The SMILES string of the molecule is CC(C)N1CCC(/C=C\S(=O)(=O)Cl)CC1. The van der Waals surface area contributed by atoms with Crippen LogP contribution in [0.1, 0.15) is 26.7 Å². The van der Waals surface area contributed by atoms with E-state index in [2.05, 4.69) is 18.7 Å². The van der Waals surface area contributed by atoms with Gasteiger partial charge in [0.1, 0.15) is 0 Å². The second-order valence-corrected chi connectivity index (χ2v) is 6.78. The van der Waals surface area contributed by atoms with Gasteiger partial charge in [-0.25, -0.2) is 8.42 Å². The van der Waals surface area contributed by atoms with Crippen molar-refractivity contribution in [3.63, 3.8) is 0 Å². The molecule has 0 aromatic heterocycles. The van der Waals surface area contributed by atoms with Crippen LogP contribution in [0.15, 0.2) is 11.5 Å². The van der Waals surface area contributed by atoms with E-state index in [9.17, 15) is 8.42 Å². The van der Waals surface area contributed by atoms with E-state index in [4.69, 9.17) is 10.7 Å². The first kappa shape index (κ1) is 13.0. The fourth-order valence-electron chi connectivity index (χ4n) is 1.83. The standard InChI is InChI=1S/C10H18ClNO2S/c1-9(2)12-6-3-10(4-7-12)5-8-15(11,13)14/h5,8-10H,3-4,6-7H2,1-2H3/b8-5-. The van der Waals surface area contributed by atoms with Gasteiger partial charge in [-0.3, -0.25) is 0 Å². The third-order valence-electron chi connectivity index (χ3n) is 2.82. The summed E-state index contributed by atoms with van der Waals surface area (Å²) in [4.78, 5) is 2.40. The number of piperidine rings is 1. The van der Waals surface area contributed by atoms with Crippen molar-refractivity contribution in [2.24, 2.45) is 5.92 Å². The first-order valence-electron chi connectivity index (χ1n) is 5.25. The van der Waals surface area contributed by atoms with E-state index in [1.165, 1.54) is 0 Å². The number of likely N-dealkylation sites (tertiary alicyclic amines) is 1. The molecule has 0 aromatic rings. The lowest BCUT2D eigenvalue weighted by Crippen LogP contribution is -2.38. The fraction of sp³-hybridized carbons (Fsp3) is 0.800. The van der Waals surface area contributed by atoms with E-state index in [-0.39, 0.29) is 0 Å². The van der Waals surface area contributed by atoms with Gasteiger partial charge in [0.15, 0.2) is 0 Å². The smallest absolute Gasteiger partial charge is 0.254 e. The van der Waals surface area contributed by atoms with Crippen molar-refractivity contribution in [3.05, 3.63) is 11.5 Å². The van der Waals surface area contributed by atoms with Crippen molar-refractivity contribution in [3.8, 4) is 0 Å². The molecule has 1 aliphatic rings. The van der Waals surface area contributed by atoms with Crippen LogP contribution in [-0.2, 0) is 9.05 Å². The Labute approximate surface area is 96.5 Å². The second kappa shape index (κ2) is 5.32. The predicted octanol–water partition coefficient (Wildman–Crippen LogP) is 2.19. The molecular formula is C10H18ClNO2S. The molecule has 5 heteroatoms. The van der Waals surface area contributed by atoms with Gasteiger partial charge in [-0.05, 0) is 45.7 Å². The molecule has 0 bridgehead atoms. The predicted molar refractivity (Wildman–Crippen MR) is 63.3 cm³/mol. The quantitative estimate of drug-likeness (QED) is 0.722. The van der Waals surface area contributed by atoms with Crippen LogP contribution in [0.5, 0.6) is 0 Å². The Bertz CT molecular complexity index is 316. The Kier molecular flexibility index (Phi) is 4.62. The van der Waals surface area contributed by atoms with Crippen molar-refractivity contribution in [1.82, 2.24) is 4.90 Å². The summed E-state index contributed by atoms with van der Waals surface area (Å²) in [6.07, 6.45) is 3.75. The molecule has 0 radical (unpaired) electrons. The summed E-state index contributed by atoms with van der Waals surface area (Å²) in [6, 6.07) is 0.576. The van der Waals surface area contributed by atoms with Gasteiger partial charge >= 0.3 is 0 Å². The zero-order valence-electron chi connectivity index (χ0n) is 9.19. The molecule has 0 atom stereocenters. The number of rotatable bonds is 3. The Hall–Kier alpha value is -0.0600. The van der Waals surface area contributed by atoms with Crippen LogP contribution < -0.4 is 0 Å². The van der Waals surface area contributed by atoms with Gasteiger partial charge in [0, 0.05) is 22.1 Å². The summed E-state index contributed by atoms with van der Waals surface area (Å²) >= 11 is 0. The van der Waals surface area contributed by atoms with Crippen molar-refractivity contribution < 1.29 is 8.42 Å². The highest BCUT2D eigenvalue weighted by Crippen LogP contribution is 2.20. The summed E-state index contributed by atoms with van der Waals surface area (Å²) in [7, 11) is 1.63.